The van der Waals surface area contributed by atoms with E-state index in [4.69, 9.17) is 23.6 Å². The van der Waals surface area contributed by atoms with Crippen molar-refractivity contribution in [2.75, 3.05) is 0 Å². The topological polar surface area (TPSA) is 38.9 Å². The Hall–Kier alpha value is -3.59. The zero-order valence-electron chi connectivity index (χ0n) is 32.6. The van der Waals surface area contributed by atoms with Gasteiger partial charge in [0, 0.05) is 48.9 Å². The van der Waals surface area contributed by atoms with Gasteiger partial charge in [0.2, 0.25) is 0 Å². The SMILES string of the molecule is [2H]C([2H])([2H])c1c[c-]c(-c2cc(C([2H])([2H])[2H])c(C([2H])([2H])[2H])cn2)cc1.[2H]c1c(C([2H])([2H])[2H])cnc(-c2[c-]cc3c(c2)oc2ccccc23)c1[2H].[Ir]. The fourth-order valence-electron chi connectivity index (χ4n) is 3.44. The Morgan fingerprint density at radius 2 is 1.56 bits per heavy atom. The molecule has 4 heteroatoms. The van der Waals surface area contributed by atoms with Crippen LogP contribution >= 0.6 is 0 Å². The van der Waals surface area contributed by atoms with Crippen LogP contribution in [0, 0.1) is 39.5 Å². The molecule has 3 aromatic heterocycles. The molecule has 3 heterocycles. The first-order chi connectivity index (χ1) is 22.7. The zero-order chi connectivity index (χ0) is 36.1. The molecule has 0 aliphatic carbocycles. The summed E-state index contributed by atoms with van der Waals surface area (Å²) in [6.07, 6.45) is 2.16. The number of benzene rings is 3. The van der Waals surface area contributed by atoms with Crippen molar-refractivity contribution in [2.24, 2.45) is 0 Å². The van der Waals surface area contributed by atoms with Gasteiger partial charge in [0.15, 0.2) is 0 Å². The molecule has 1 radical (unpaired) electrons. The van der Waals surface area contributed by atoms with E-state index in [0.717, 1.165) is 28.7 Å². The molecule has 3 nitrogen and oxygen atoms in total. The van der Waals surface area contributed by atoms with E-state index in [1.54, 1.807) is 12.1 Å². The Kier molecular flexibility index (Phi) is 4.00. The van der Waals surface area contributed by atoms with E-state index in [0.29, 0.717) is 16.7 Å². The van der Waals surface area contributed by atoms with E-state index in [1.165, 1.54) is 24.3 Å². The average Bonchev–Trinajstić information content (AvgIpc) is 3.38. The molecule has 0 N–H and O–H groups in total. The molecule has 0 aliphatic rings. The maximum atomic E-state index is 8.12. The number of pyridine rings is 2. The minimum Gasteiger partial charge on any atom is -0.476 e. The van der Waals surface area contributed by atoms with E-state index in [9.17, 15) is 0 Å². The molecule has 0 saturated carbocycles. The Labute approximate surface area is 245 Å². The Bertz CT molecular complexity index is 2150. The normalized spacial score (nSPS) is 17.7. The van der Waals surface area contributed by atoms with Gasteiger partial charge in [-0.2, -0.15) is 0 Å². The number of aryl methyl sites for hydroxylation is 4. The second-order valence-corrected chi connectivity index (χ2v) is 7.60. The number of aromatic nitrogens is 2. The van der Waals surface area contributed by atoms with Crippen LogP contribution in [0.1, 0.15) is 41.4 Å². The first-order valence-electron chi connectivity index (χ1n) is 17.5. The molecule has 181 valence electrons. The molecule has 0 amide bonds. The Morgan fingerprint density at radius 3 is 2.36 bits per heavy atom. The van der Waals surface area contributed by atoms with Crippen LogP contribution in [0.25, 0.3) is 44.5 Å². The molecule has 0 aliphatic heterocycles. The van der Waals surface area contributed by atoms with Crippen LogP contribution in [-0.4, -0.2) is 9.97 Å². The summed E-state index contributed by atoms with van der Waals surface area (Å²) in [4.78, 5) is 8.10. The van der Waals surface area contributed by atoms with Gasteiger partial charge in [-0.25, -0.2) is 0 Å². The summed E-state index contributed by atoms with van der Waals surface area (Å²) < 4.78 is 111. The van der Waals surface area contributed by atoms with Crippen LogP contribution in [0.15, 0.2) is 89.6 Å². The molecule has 6 aromatic rings. The van der Waals surface area contributed by atoms with Gasteiger partial charge in [-0.15, -0.1) is 53.1 Å². The molecule has 36 heavy (non-hydrogen) atoms. The van der Waals surface area contributed by atoms with Gasteiger partial charge in [0.05, 0.1) is 8.32 Å². The fraction of sp³-hybridized carbons (Fsp3) is 0.125. The van der Waals surface area contributed by atoms with Gasteiger partial charge in [0.25, 0.3) is 0 Å². The van der Waals surface area contributed by atoms with E-state index < -0.39 is 27.4 Å². The van der Waals surface area contributed by atoms with Crippen molar-refractivity contribution >= 4 is 21.9 Å². The molecule has 0 saturated heterocycles. The van der Waals surface area contributed by atoms with Gasteiger partial charge in [-0.3, -0.25) is 0 Å². The molecule has 0 fully saturated rings. The summed E-state index contributed by atoms with van der Waals surface area (Å²) >= 11 is 0. The van der Waals surface area contributed by atoms with Gasteiger partial charge >= 0.3 is 0 Å². The second kappa shape index (κ2) is 11.0. The number of hydrogen-bond donors (Lipinski definition) is 0. The second-order valence-electron chi connectivity index (χ2n) is 7.60. The van der Waals surface area contributed by atoms with Crippen LogP contribution in [-0.2, 0) is 20.1 Å². The molecule has 0 bridgehead atoms. The van der Waals surface area contributed by atoms with Crippen molar-refractivity contribution in [2.45, 2.75) is 27.4 Å². The average molecular weight is 661 g/mol. The monoisotopic (exact) mass is 661 g/mol. The van der Waals surface area contributed by atoms with Crippen molar-refractivity contribution < 1.29 is 43.7 Å². The van der Waals surface area contributed by atoms with Crippen LogP contribution < -0.4 is 0 Å². The summed E-state index contributed by atoms with van der Waals surface area (Å²) in [7, 11) is 0. The van der Waals surface area contributed by atoms with Crippen molar-refractivity contribution in [3.63, 3.8) is 0 Å². The van der Waals surface area contributed by atoms with Gasteiger partial charge in [-0.05, 0) is 54.5 Å². The number of rotatable bonds is 2. The Balaban J connectivity index is 0.000000221. The van der Waals surface area contributed by atoms with E-state index in [-0.39, 0.29) is 65.8 Å². The van der Waals surface area contributed by atoms with Crippen molar-refractivity contribution in [3.8, 4) is 22.5 Å². The van der Waals surface area contributed by atoms with Crippen molar-refractivity contribution in [1.82, 2.24) is 9.97 Å². The van der Waals surface area contributed by atoms with E-state index >= 15 is 0 Å². The fourth-order valence-corrected chi connectivity index (χ4v) is 3.44. The third-order valence-corrected chi connectivity index (χ3v) is 5.20. The van der Waals surface area contributed by atoms with Gasteiger partial charge < -0.3 is 14.4 Å². The molecule has 0 spiro atoms. The minimum atomic E-state index is -2.61. The van der Waals surface area contributed by atoms with Crippen LogP contribution in [0.3, 0.4) is 0 Å². The van der Waals surface area contributed by atoms with Crippen LogP contribution in [0.2, 0.25) is 0 Å². The summed E-state index contributed by atoms with van der Waals surface area (Å²) in [5, 5.41) is 1.87. The largest absolute Gasteiger partial charge is 0.476 e. The number of hydrogen-bond acceptors (Lipinski definition) is 3. The Morgan fingerprint density at radius 1 is 0.722 bits per heavy atom. The maximum absolute atomic E-state index is 8.12. The summed E-state index contributed by atoms with van der Waals surface area (Å²) in [5.74, 6) is 0. The molecule has 0 atom stereocenters. The third-order valence-electron chi connectivity index (χ3n) is 5.20. The minimum absolute atomic E-state index is 0. The number of furan rings is 1. The standard InChI is InChI=1S/C18H12NO.C14H14N.Ir/c1-12-6-9-16(19-11-12)13-7-8-15-14-4-2-3-5-17(14)20-18(15)10-13;1-10-4-6-13(7-5-10)14-8-11(2)12(3)9-15-14;/h2-6,8-11H,1H3;4-6,8-9H,1-3H3;/q2*-1;/i1D3,6D,9D;1D3,2D3,3D3;. The molecule has 6 rings (SSSR count). The van der Waals surface area contributed by atoms with Crippen LogP contribution in [0.5, 0.6) is 0 Å². The molecular weight excluding hydrogens is 621 g/mol. The first kappa shape index (κ1) is 13.1. The summed E-state index contributed by atoms with van der Waals surface area (Å²) in [5.41, 5.74) is 1.90. The van der Waals surface area contributed by atoms with Crippen molar-refractivity contribution in [1.29, 1.82) is 0 Å². The first-order valence-corrected chi connectivity index (χ1v) is 10.5. The molecule has 0 unspecified atom stereocenters. The molecule has 3 aromatic carbocycles. The van der Waals surface area contributed by atoms with Crippen molar-refractivity contribution in [3.05, 3.63) is 120 Å². The van der Waals surface area contributed by atoms with E-state index in [1.807, 2.05) is 24.3 Å². The quantitative estimate of drug-likeness (QED) is 0.176. The van der Waals surface area contributed by atoms with Crippen LogP contribution in [0.4, 0.5) is 0 Å². The molecular formula is C32H26IrN2O-2. The smallest absolute Gasteiger partial charge is 0.123 e. The number of nitrogens with zero attached hydrogens (tertiary/aromatic N) is 2. The number of fused-ring (bicyclic) bond motifs is 3. The predicted octanol–water partition coefficient (Wildman–Crippen LogP) is 8.23. The summed E-state index contributed by atoms with van der Waals surface area (Å²) in [6.45, 7) is -9.94. The zero-order valence-corrected chi connectivity index (χ0v) is 21.0. The maximum Gasteiger partial charge on any atom is 0.123 e. The third kappa shape index (κ3) is 5.46. The van der Waals surface area contributed by atoms with E-state index in [2.05, 4.69) is 22.1 Å². The predicted molar refractivity (Wildman–Crippen MR) is 143 cm³/mol. The number of para-hydroxylation sites is 1. The van der Waals surface area contributed by atoms with Gasteiger partial charge in [-0.1, -0.05) is 60.2 Å². The summed E-state index contributed by atoms with van der Waals surface area (Å²) in [6, 6.07) is 21.7. The van der Waals surface area contributed by atoms with Gasteiger partial charge in [0.1, 0.15) is 5.58 Å².